The monoisotopic (exact) mass is 448 g/mol. The predicted octanol–water partition coefficient (Wildman–Crippen LogP) is 3.57. The second-order valence-corrected chi connectivity index (χ2v) is 9.11. The number of hydrogen-bond donors (Lipinski definition) is 0. The van der Waals surface area contributed by atoms with Crippen molar-refractivity contribution in [3.05, 3.63) is 47.6 Å². The van der Waals surface area contributed by atoms with E-state index in [1.807, 2.05) is 11.0 Å². The van der Waals surface area contributed by atoms with E-state index in [1.54, 1.807) is 18.2 Å². The lowest BCUT2D eigenvalue weighted by Crippen LogP contribution is -2.37. The van der Waals surface area contributed by atoms with Crippen LogP contribution in [0, 0.1) is 0 Å². The topological polar surface area (TPSA) is 78.0 Å². The zero-order chi connectivity index (χ0) is 21.3. The standard InChI is InChI=1S/C21H21ClN2O5S/c1-27-18-6-4-15(12-19(18)28-2)30(25,26)20-13-23-17-11-14(22)3-5-16(17)21(20)24-7-9-29-10-8-24/h3-6,11-13H,7-10H2,1-2H3. The Bertz CT molecular complexity index is 1190. The number of pyridine rings is 1. The lowest BCUT2D eigenvalue weighted by Gasteiger charge is -2.31. The molecule has 0 unspecified atom stereocenters. The molecule has 1 fully saturated rings. The molecule has 158 valence electrons. The summed E-state index contributed by atoms with van der Waals surface area (Å²) < 4.78 is 43.3. The van der Waals surface area contributed by atoms with Crippen molar-refractivity contribution in [2.75, 3.05) is 45.4 Å². The summed E-state index contributed by atoms with van der Waals surface area (Å²) in [4.78, 5) is 6.64. The Balaban J connectivity index is 1.94. The number of anilines is 1. The number of benzene rings is 2. The van der Waals surface area contributed by atoms with Gasteiger partial charge in [0.1, 0.15) is 4.90 Å². The first kappa shape index (κ1) is 20.7. The molecule has 1 saturated heterocycles. The number of morpholine rings is 1. The van der Waals surface area contributed by atoms with Gasteiger partial charge in [0.05, 0.1) is 43.5 Å². The quantitative estimate of drug-likeness (QED) is 0.590. The Hall–Kier alpha value is -2.55. The maximum absolute atomic E-state index is 13.7. The van der Waals surface area contributed by atoms with Crippen molar-refractivity contribution in [3.63, 3.8) is 0 Å². The first-order valence-corrected chi connectivity index (χ1v) is 11.2. The Morgan fingerprint density at radius 1 is 1.03 bits per heavy atom. The molecule has 1 aliphatic heterocycles. The summed E-state index contributed by atoms with van der Waals surface area (Å²) in [5, 5.41) is 1.27. The molecule has 1 aliphatic rings. The molecule has 0 radical (unpaired) electrons. The molecule has 30 heavy (non-hydrogen) atoms. The third kappa shape index (κ3) is 3.66. The number of hydrogen-bond acceptors (Lipinski definition) is 7. The number of aromatic nitrogens is 1. The summed E-state index contributed by atoms with van der Waals surface area (Å²) in [6.45, 7) is 2.20. The fraction of sp³-hybridized carbons (Fsp3) is 0.286. The molecule has 0 amide bonds. The number of methoxy groups -OCH3 is 2. The highest BCUT2D eigenvalue weighted by atomic mass is 35.5. The van der Waals surface area contributed by atoms with E-state index in [9.17, 15) is 8.42 Å². The second kappa shape index (κ2) is 8.29. The van der Waals surface area contributed by atoms with Crippen LogP contribution in [-0.4, -0.2) is 53.9 Å². The lowest BCUT2D eigenvalue weighted by atomic mass is 10.1. The number of rotatable bonds is 5. The van der Waals surface area contributed by atoms with Crippen molar-refractivity contribution in [1.29, 1.82) is 0 Å². The summed E-state index contributed by atoms with van der Waals surface area (Å²) in [6.07, 6.45) is 1.40. The molecule has 2 aromatic carbocycles. The van der Waals surface area contributed by atoms with Crippen LogP contribution in [0.25, 0.3) is 10.9 Å². The summed E-state index contributed by atoms with van der Waals surface area (Å²) in [5.74, 6) is 0.795. The highest BCUT2D eigenvalue weighted by Crippen LogP contribution is 2.38. The number of halogens is 1. The summed E-state index contributed by atoms with van der Waals surface area (Å²) in [6, 6.07) is 9.82. The lowest BCUT2D eigenvalue weighted by molar-refractivity contribution is 0.122. The molecule has 0 aliphatic carbocycles. The predicted molar refractivity (Wildman–Crippen MR) is 115 cm³/mol. The Morgan fingerprint density at radius 3 is 2.47 bits per heavy atom. The molecular weight excluding hydrogens is 428 g/mol. The van der Waals surface area contributed by atoms with Gasteiger partial charge in [-0.15, -0.1) is 0 Å². The van der Waals surface area contributed by atoms with Gasteiger partial charge in [0.2, 0.25) is 9.84 Å². The van der Waals surface area contributed by atoms with Crippen molar-refractivity contribution in [1.82, 2.24) is 4.98 Å². The molecule has 4 rings (SSSR count). The van der Waals surface area contributed by atoms with Gasteiger partial charge in [-0.05, 0) is 30.3 Å². The van der Waals surface area contributed by atoms with Crippen LogP contribution in [0.3, 0.4) is 0 Å². The Morgan fingerprint density at radius 2 is 1.77 bits per heavy atom. The van der Waals surface area contributed by atoms with E-state index in [2.05, 4.69) is 4.98 Å². The van der Waals surface area contributed by atoms with Gasteiger partial charge in [0, 0.05) is 35.8 Å². The molecule has 9 heteroatoms. The molecule has 3 aromatic rings. The van der Waals surface area contributed by atoms with Crippen LogP contribution in [0.15, 0.2) is 52.4 Å². The number of sulfone groups is 1. The SMILES string of the molecule is COc1ccc(S(=O)(=O)c2cnc3cc(Cl)ccc3c2N2CCOCC2)cc1OC. The van der Waals surface area contributed by atoms with Crippen molar-refractivity contribution < 1.29 is 22.6 Å². The maximum Gasteiger partial charge on any atom is 0.210 e. The molecule has 7 nitrogen and oxygen atoms in total. The molecule has 0 saturated carbocycles. The van der Waals surface area contributed by atoms with Crippen LogP contribution in [0.1, 0.15) is 0 Å². The largest absolute Gasteiger partial charge is 0.493 e. The first-order valence-electron chi connectivity index (χ1n) is 9.34. The third-order valence-corrected chi connectivity index (χ3v) is 7.04. The summed E-state index contributed by atoms with van der Waals surface area (Å²) in [5.41, 5.74) is 1.24. The van der Waals surface area contributed by atoms with Crippen molar-refractivity contribution >= 4 is 38.0 Å². The van der Waals surface area contributed by atoms with Crippen LogP contribution >= 0.6 is 11.6 Å². The van der Waals surface area contributed by atoms with Gasteiger partial charge >= 0.3 is 0 Å². The zero-order valence-electron chi connectivity index (χ0n) is 16.6. The molecule has 0 bridgehead atoms. The summed E-state index contributed by atoms with van der Waals surface area (Å²) in [7, 11) is -0.924. The van der Waals surface area contributed by atoms with Gasteiger partial charge < -0.3 is 19.1 Å². The molecule has 1 aromatic heterocycles. The fourth-order valence-electron chi connectivity index (χ4n) is 3.55. The van der Waals surface area contributed by atoms with Crippen LogP contribution in [-0.2, 0) is 14.6 Å². The van der Waals surface area contributed by atoms with E-state index >= 15 is 0 Å². The van der Waals surface area contributed by atoms with Crippen LogP contribution in [0.2, 0.25) is 5.02 Å². The van der Waals surface area contributed by atoms with Crippen molar-refractivity contribution in [3.8, 4) is 11.5 Å². The van der Waals surface area contributed by atoms with Gasteiger partial charge in [-0.25, -0.2) is 8.42 Å². The maximum atomic E-state index is 13.7. The number of nitrogens with zero attached hydrogens (tertiary/aromatic N) is 2. The highest BCUT2D eigenvalue weighted by Gasteiger charge is 2.28. The smallest absolute Gasteiger partial charge is 0.210 e. The van der Waals surface area contributed by atoms with E-state index in [1.165, 1.54) is 32.5 Å². The minimum atomic E-state index is -3.89. The van der Waals surface area contributed by atoms with Crippen molar-refractivity contribution in [2.24, 2.45) is 0 Å². The van der Waals surface area contributed by atoms with Gasteiger partial charge in [-0.2, -0.15) is 0 Å². The van der Waals surface area contributed by atoms with E-state index in [-0.39, 0.29) is 9.79 Å². The van der Waals surface area contributed by atoms with Gasteiger partial charge in [0.25, 0.3) is 0 Å². The molecule has 2 heterocycles. The van der Waals surface area contributed by atoms with E-state index in [0.29, 0.717) is 54.0 Å². The van der Waals surface area contributed by atoms with Gasteiger partial charge in [-0.1, -0.05) is 11.6 Å². The molecular formula is C21H21ClN2O5S. The number of ether oxygens (including phenoxy) is 3. The zero-order valence-corrected chi connectivity index (χ0v) is 18.2. The minimum absolute atomic E-state index is 0.102. The highest BCUT2D eigenvalue weighted by molar-refractivity contribution is 7.91. The van der Waals surface area contributed by atoms with Crippen LogP contribution in [0.4, 0.5) is 5.69 Å². The molecule has 0 atom stereocenters. The van der Waals surface area contributed by atoms with Crippen LogP contribution in [0.5, 0.6) is 11.5 Å². The average Bonchev–Trinajstić information content (AvgIpc) is 2.78. The molecule has 0 spiro atoms. The number of fused-ring (bicyclic) bond motifs is 1. The van der Waals surface area contributed by atoms with Gasteiger partial charge in [0.15, 0.2) is 11.5 Å². The van der Waals surface area contributed by atoms with E-state index < -0.39 is 9.84 Å². The van der Waals surface area contributed by atoms with Crippen molar-refractivity contribution in [2.45, 2.75) is 9.79 Å². The fourth-order valence-corrected chi connectivity index (χ4v) is 5.17. The average molecular weight is 449 g/mol. The van der Waals surface area contributed by atoms with Crippen LogP contribution < -0.4 is 14.4 Å². The van der Waals surface area contributed by atoms with Gasteiger partial charge in [-0.3, -0.25) is 4.98 Å². The normalized spacial score (nSPS) is 14.7. The first-order chi connectivity index (χ1) is 14.5. The summed E-state index contributed by atoms with van der Waals surface area (Å²) >= 11 is 6.13. The van der Waals surface area contributed by atoms with E-state index in [4.69, 9.17) is 25.8 Å². The van der Waals surface area contributed by atoms with E-state index in [0.717, 1.165) is 5.39 Å². The Kier molecular flexibility index (Phi) is 5.73. The third-order valence-electron chi connectivity index (χ3n) is 5.05. The molecule has 0 N–H and O–H groups in total. The Labute approximate surface area is 180 Å². The second-order valence-electron chi connectivity index (χ2n) is 6.75. The minimum Gasteiger partial charge on any atom is -0.493 e.